The smallest absolute Gasteiger partial charge is 0.243 e. The summed E-state index contributed by atoms with van der Waals surface area (Å²) in [6.45, 7) is 6.33. The highest BCUT2D eigenvalue weighted by molar-refractivity contribution is 6.41. The maximum absolute atomic E-state index is 11.8. The molecule has 13 heteroatoms. The molecule has 0 bridgehead atoms. The van der Waals surface area contributed by atoms with E-state index < -0.39 is 0 Å². The summed E-state index contributed by atoms with van der Waals surface area (Å²) in [5, 5.41) is 10.9. The highest BCUT2D eigenvalue weighted by Gasteiger charge is 2.30. The van der Waals surface area contributed by atoms with Crippen molar-refractivity contribution >= 4 is 51.8 Å². The Hall–Kier alpha value is -3.38. The van der Waals surface area contributed by atoms with Gasteiger partial charge in [0.2, 0.25) is 11.9 Å². The van der Waals surface area contributed by atoms with Gasteiger partial charge in [-0.3, -0.25) is 4.79 Å². The molecule has 3 atom stereocenters. The summed E-state index contributed by atoms with van der Waals surface area (Å²) in [6.07, 6.45) is 3.89. The van der Waals surface area contributed by atoms with Gasteiger partial charge >= 0.3 is 0 Å². The van der Waals surface area contributed by atoms with Gasteiger partial charge in [0.1, 0.15) is 17.0 Å². The summed E-state index contributed by atoms with van der Waals surface area (Å²) in [4.78, 5) is 26.1. The number of nitrogens with zero attached hydrogens (tertiary/aromatic N) is 3. The third-order valence-corrected chi connectivity index (χ3v) is 7.64. The Balaban J connectivity index is 1.54. The van der Waals surface area contributed by atoms with Crippen LogP contribution in [0.5, 0.6) is 11.5 Å². The predicted octanol–water partition coefficient (Wildman–Crippen LogP) is 3.95. The number of nitrogens with one attached hydrogen (secondary N) is 3. The molecule has 3 N–H and O–H groups in total. The maximum atomic E-state index is 11.8. The maximum Gasteiger partial charge on any atom is 0.243 e. The van der Waals surface area contributed by atoms with E-state index in [9.17, 15) is 4.79 Å². The lowest BCUT2D eigenvalue weighted by Gasteiger charge is -2.20. The highest BCUT2D eigenvalue weighted by Crippen LogP contribution is 2.46. The Bertz CT molecular complexity index is 1390. The van der Waals surface area contributed by atoms with E-state index in [1.807, 2.05) is 6.07 Å². The number of pyridine rings is 1. The first-order valence-corrected chi connectivity index (χ1v) is 13.5. The zero-order chi connectivity index (χ0) is 28.2. The minimum absolute atomic E-state index is 0.220. The highest BCUT2D eigenvalue weighted by atomic mass is 35.5. The summed E-state index contributed by atoms with van der Waals surface area (Å²) in [7, 11) is 3.04. The van der Waals surface area contributed by atoms with Gasteiger partial charge in [-0.05, 0) is 18.6 Å². The molecule has 1 amide bonds. The van der Waals surface area contributed by atoms with Gasteiger partial charge < -0.3 is 34.9 Å². The molecular formula is C27H30Cl2N6O5. The van der Waals surface area contributed by atoms with Gasteiger partial charge in [0.05, 0.1) is 61.9 Å². The number of methoxy groups -OCH3 is 2. The van der Waals surface area contributed by atoms with Crippen molar-refractivity contribution in [2.75, 3.05) is 57.8 Å². The number of fused-ring (bicyclic) bond motifs is 1. The summed E-state index contributed by atoms with van der Waals surface area (Å²) in [6, 6.07) is 2.98. The van der Waals surface area contributed by atoms with Crippen LogP contribution in [0, 0.1) is 5.92 Å². The average molecular weight is 589 g/mol. The molecule has 1 aromatic carbocycles. The van der Waals surface area contributed by atoms with E-state index in [4.69, 9.17) is 52.1 Å². The number of aromatic nitrogens is 3. The van der Waals surface area contributed by atoms with Crippen LogP contribution in [0.3, 0.4) is 0 Å². The number of carbonyl (C=O) groups excluding carboxylic acids is 1. The Morgan fingerprint density at radius 3 is 2.52 bits per heavy atom. The van der Waals surface area contributed by atoms with Crippen molar-refractivity contribution in [3.05, 3.63) is 41.0 Å². The number of carbonyl (C=O) groups is 1. The second kappa shape index (κ2) is 12.4. The Kier molecular flexibility index (Phi) is 8.75. The van der Waals surface area contributed by atoms with E-state index in [-0.39, 0.29) is 18.0 Å². The number of hydrogen-bond acceptors (Lipinski definition) is 10. The van der Waals surface area contributed by atoms with Crippen molar-refractivity contribution in [1.82, 2.24) is 20.3 Å². The largest absolute Gasteiger partial charge is 0.495 e. The molecule has 212 valence electrons. The van der Waals surface area contributed by atoms with Crippen LogP contribution < -0.4 is 25.4 Å². The molecule has 2 saturated heterocycles. The first-order chi connectivity index (χ1) is 19.4. The molecule has 0 spiro atoms. The van der Waals surface area contributed by atoms with Crippen molar-refractivity contribution in [3.8, 4) is 22.8 Å². The lowest BCUT2D eigenvalue weighted by atomic mass is 10.1. The number of anilines is 2. The van der Waals surface area contributed by atoms with Gasteiger partial charge in [-0.25, -0.2) is 15.0 Å². The van der Waals surface area contributed by atoms with Crippen molar-refractivity contribution in [2.45, 2.75) is 18.5 Å². The second-order valence-corrected chi connectivity index (χ2v) is 10.2. The molecule has 40 heavy (non-hydrogen) atoms. The number of halogens is 2. The van der Waals surface area contributed by atoms with Gasteiger partial charge in [-0.1, -0.05) is 29.8 Å². The molecule has 4 heterocycles. The van der Waals surface area contributed by atoms with Crippen LogP contribution >= 0.6 is 23.2 Å². The van der Waals surface area contributed by atoms with Crippen molar-refractivity contribution in [2.24, 2.45) is 5.92 Å². The zero-order valence-electron chi connectivity index (χ0n) is 22.1. The van der Waals surface area contributed by atoms with Crippen molar-refractivity contribution in [1.29, 1.82) is 0 Å². The molecule has 2 aliphatic heterocycles. The molecule has 11 nitrogen and oxygen atoms in total. The third-order valence-electron chi connectivity index (χ3n) is 6.89. The minimum Gasteiger partial charge on any atom is -0.495 e. The lowest BCUT2D eigenvalue weighted by molar-refractivity contribution is -0.117. The van der Waals surface area contributed by atoms with Gasteiger partial charge in [-0.2, -0.15) is 0 Å². The Labute approximate surface area is 241 Å². The molecule has 0 radical (unpaired) electrons. The van der Waals surface area contributed by atoms with Crippen LogP contribution in [0.2, 0.25) is 10.0 Å². The molecule has 2 aromatic heterocycles. The fourth-order valence-corrected chi connectivity index (χ4v) is 5.40. The van der Waals surface area contributed by atoms with Gasteiger partial charge in [0.25, 0.3) is 0 Å². The number of hydrogen-bond donors (Lipinski definition) is 3. The standard InChI is InChI=1S/C27H30Cl2N6O5/c1-4-21(36)32-17-12-40-13-18(17)34-27-31-10-15-7-16(22-23(28)19(37-2)8-20(38-3)24(22)29)33-26(25(15)35-27)30-9-14-5-6-39-11-14/h4,7-8,10,14,17-18H,1,5-6,9,11-13H2,2-3H3,(H,30,33)(H,32,36)(H,31,34,35)/t14?,17-,18+/m0/s1. The Morgan fingerprint density at radius 1 is 1.10 bits per heavy atom. The van der Waals surface area contributed by atoms with Crippen molar-refractivity contribution in [3.63, 3.8) is 0 Å². The number of amides is 1. The molecule has 2 fully saturated rings. The summed E-state index contributed by atoms with van der Waals surface area (Å²) < 4.78 is 22.0. The van der Waals surface area contributed by atoms with Gasteiger partial charge in [0, 0.05) is 42.3 Å². The van der Waals surface area contributed by atoms with E-state index in [1.165, 1.54) is 20.3 Å². The van der Waals surface area contributed by atoms with E-state index in [0.29, 0.717) is 87.8 Å². The minimum atomic E-state index is -0.271. The molecule has 0 saturated carbocycles. The van der Waals surface area contributed by atoms with Gasteiger partial charge in [0.15, 0.2) is 5.82 Å². The molecule has 2 aliphatic rings. The SMILES string of the molecule is C=CC(=O)N[C@H]1COC[C@H]1Nc1ncc2cc(-c3c(Cl)c(OC)cc(OC)c3Cl)nc(NCC3CCOC3)c2n1. The monoisotopic (exact) mass is 588 g/mol. The zero-order valence-corrected chi connectivity index (χ0v) is 23.6. The molecule has 0 aliphatic carbocycles. The number of rotatable bonds is 10. The fraction of sp³-hybridized carbons (Fsp3) is 0.407. The van der Waals surface area contributed by atoms with E-state index in [2.05, 4.69) is 27.5 Å². The quantitative estimate of drug-likeness (QED) is 0.299. The predicted molar refractivity (Wildman–Crippen MR) is 154 cm³/mol. The van der Waals surface area contributed by atoms with E-state index >= 15 is 0 Å². The number of ether oxygens (including phenoxy) is 4. The first kappa shape index (κ1) is 28.2. The van der Waals surface area contributed by atoms with Crippen LogP contribution in [0.15, 0.2) is 31.0 Å². The van der Waals surface area contributed by atoms with Crippen LogP contribution in [-0.4, -0.2) is 80.1 Å². The summed E-state index contributed by atoms with van der Waals surface area (Å²) >= 11 is 13.4. The van der Waals surface area contributed by atoms with Crippen LogP contribution in [0.25, 0.3) is 22.2 Å². The van der Waals surface area contributed by atoms with E-state index in [0.717, 1.165) is 13.0 Å². The summed E-state index contributed by atoms with van der Waals surface area (Å²) in [5.41, 5.74) is 1.58. The van der Waals surface area contributed by atoms with E-state index in [1.54, 1.807) is 12.3 Å². The molecule has 1 unspecified atom stereocenters. The van der Waals surface area contributed by atoms with Crippen molar-refractivity contribution < 1.29 is 23.7 Å². The normalized spacial score (nSPS) is 20.4. The summed E-state index contributed by atoms with van der Waals surface area (Å²) in [5.74, 6) is 1.80. The van der Waals surface area contributed by atoms with Crippen LogP contribution in [-0.2, 0) is 14.3 Å². The lowest BCUT2D eigenvalue weighted by Crippen LogP contribution is -2.45. The molecule has 3 aromatic rings. The fourth-order valence-electron chi connectivity index (χ4n) is 4.70. The number of benzene rings is 1. The van der Waals surface area contributed by atoms with Crippen LogP contribution in [0.4, 0.5) is 11.8 Å². The van der Waals surface area contributed by atoms with Crippen LogP contribution in [0.1, 0.15) is 6.42 Å². The molecule has 5 rings (SSSR count). The van der Waals surface area contributed by atoms with Gasteiger partial charge in [-0.15, -0.1) is 0 Å². The first-order valence-electron chi connectivity index (χ1n) is 12.8. The second-order valence-electron chi connectivity index (χ2n) is 9.49. The third kappa shape index (κ3) is 5.87. The topological polar surface area (TPSA) is 129 Å². The average Bonchev–Trinajstić information content (AvgIpc) is 3.64. The Morgan fingerprint density at radius 2 is 1.85 bits per heavy atom. The molecular weight excluding hydrogens is 559 g/mol.